The standard InChI is InChI=1S/C14H20N2O4/c1-5-19-9-12(17)10-6-11(8-15-7-10)16-13(18)20-14(2,3)4/h6-8H,5,9H2,1-4H3,(H,16,18). The third kappa shape index (κ3) is 5.79. The quantitative estimate of drug-likeness (QED) is 0.839. The van der Waals surface area contributed by atoms with E-state index in [0.717, 1.165) is 0 Å². The van der Waals surface area contributed by atoms with E-state index in [9.17, 15) is 9.59 Å². The number of Topliss-reactive ketones (excluding diaryl/α,β-unsaturated/α-hetero) is 1. The van der Waals surface area contributed by atoms with E-state index in [2.05, 4.69) is 10.3 Å². The Balaban J connectivity index is 2.68. The van der Waals surface area contributed by atoms with Crippen molar-refractivity contribution in [2.24, 2.45) is 0 Å². The molecular formula is C14H20N2O4. The van der Waals surface area contributed by atoms with Gasteiger partial charge in [0.1, 0.15) is 12.2 Å². The Kier molecular flexibility index (Phi) is 5.64. The van der Waals surface area contributed by atoms with Crippen LogP contribution in [-0.4, -0.2) is 35.7 Å². The molecule has 1 aromatic heterocycles. The van der Waals surface area contributed by atoms with Crippen molar-refractivity contribution < 1.29 is 19.1 Å². The Morgan fingerprint density at radius 2 is 2.00 bits per heavy atom. The normalized spacial score (nSPS) is 11.0. The lowest BCUT2D eigenvalue weighted by Crippen LogP contribution is -2.27. The number of nitrogens with one attached hydrogen (secondary N) is 1. The molecule has 0 aliphatic rings. The van der Waals surface area contributed by atoms with Crippen molar-refractivity contribution in [1.29, 1.82) is 0 Å². The molecule has 6 nitrogen and oxygen atoms in total. The fourth-order valence-corrected chi connectivity index (χ4v) is 1.36. The van der Waals surface area contributed by atoms with E-state index < -0.39 is 11.7 Å². The lowest BCUT2D eigenvalue weighted by Gasteiger charge is -2.19. The maximum Gasteiger partial charge on any atom is 0.412 e. The summed E-state index contributed by atoms with van der Waals surface area (Å²) in [5.74, 6) is -0.188. The molecule has 1 rings (SSSR count). The highest BCUT2D eigenvalue weighted by Crippen LogP contribution is 2.12. The van der Waals surface area contributed by atoms with Crippen molar-refractivity contribution in [3.8, 4) is 0 Å². The van der Waals surface area contributed by atoms with Crippen LogP contribution < -0.4 is 5.32 Å². The zero-order valence-electron chi connectivity index (χ0n) is 12.2. The first-order chi connectivity index (χ1) is 9.31. The van der Waals surface area contributed by atoms with Crippen molar-refractivity contribution in [3.05, 3.63) is 24.0 Å². The second kappa shape index (κ2) is 7.00. The molecule has 1 amide bonds. The molecule has 1 N–H and O–H groups in total. The van der Waals surface area contributed by atoms with Crippen LogP contribution >= 0.6 is 0 Å². The highest BCUT2D eigenvalue weighted by Gasteiger charge is 2.16. The molecule has 0 fully saturated rings. The molecule has 20 heavy (non-hydrogen) atoms. The van der Waals surface area contributed by atoms with Gasteiger partial charge in [-0.3, -0.25) is 15.1 Å². The van der Waals surface area contributed by atoms with E-state index in [4.69, 9.17) is 9.47 Å². The Labute approximate surface area is 118 Å². The monoisotopic (exact) mass is 280 g/mol. The minimum atomic E-state index is -0.589. The maximum atomic E-state index is 11.8. The van der Waals surface area contributed by atoms with Gasteiger partial charge in [-0.25, -0.2) is 4.79 Å². The summed E-state index contributed by atoms with van der Waals surface area (Å²) in [6.07, 6.45) is 2.29. The minimum Gasteiger partial charge on any atom is -0.444 e. The Morgan fingerprint density at radius 1 is 1.30 bits per heavy atom. The number of hydrogen-bond acceptors (Lipinski definition) is 5. The molecule has 0 saturated heterocycles. The second-order valence-corrected chi connectivity index (χ2v) is 5.15. The molecule has 0 unspecified atom stereocenters. The molecule has 1 aromatic rings. The summed E-state index contributed by atoms with van der Waals surface area (Å²) in [6, 6.07) is 1.54. The molecule has 0 bridgehead atoms. The number of carbonyl (C=O) groups is 2. The van der Waals surface area contributed by atoms with E-state index >= 15 is 0 Å². The van der Waals surface area contributed by atoms with Crippen LogP contribution in [0, 0.1) is 0 Å². The zero-order valence-corrected chi connectivity index (χ0v) is 12.2. The van der Waals surface area contributed by atoms with Gasteiger partial charge in [0.05, 0.1) is 11.9 Å². The van der Waals surface area contributed by atoms with Gasteiger partial charge in [-0.1, -0.05) is 0 Å². The van der Waals surface area contributed by atoms with E-state index in [1.165, 1.54) is 18.5 Å². The third-order valence-electron chi connectivity index (χ3n) is 2.14. The van der Waals surface area contributed by atoms with Crippen LogP contribution in [-0.2, 0) is 9.47 Å². The van der Waals surface area contributed by atoms with Crippen LogP contribution in [0.5, 0.6) is 0 Å². The van der Waals surface area contributed by atoms with Crippen LogP contribution in [0.1, 0.15) is 38.1 Å². The lowest BCUT2D eigenvalue weighted by molar-refractivity contribution is 0.0635. The number of aromatic nitrogens is 1. The van der Waals surface area contributed by atoms with Crippen LogP contribution in [0.2, 0.25) is 0 Å². The Morgan fingerprint density at radius 3 is 2.60 bits per heavy atom. The molecule has 0 spiro atoms. The summed E-state index contributed by atoms with van der Waals surface area (Å²) in [4.78, 5) is 27.3. The van der Waals surface area contributed by atoms with E-state index in [0.29, 0.717) is 17.9 Å². The fourth-order valence-electron chi connectivity index (χ4n) is 1.36. The summed E-state index contributed by atoms with van der Waals surface area (Å²) in [5.41, 5.74) is 0.202. The average Bonchev–Trinajstić information content (AvgIpc) is 2.33. The number of ketones is 1. The average molecular weight is 280 g/mol. The predicted octanol–water partition coefficient (Wildman–Crippen LogP) is 2.65. The number of hydrogen-bond donors (Lipinski definition) is 1. The van der Waals surface area contributed by atoms with Gasteiger partial charge < -0.3 is 9.47 Å². The van der Waals surface area contributed by atoms with Crippen molar-refractivity contribution in [3.63, 3.8) is 0 Å². The molecule has 0 saturated carbocycles. The predicted molar refractivity (Wildman–Crippen MR) is 74.9 cm³/mol. The second-order valence-electron chi connectivity index (χ2n) is 5.15. The van der Waals surface area contributed by atoms with Crippen LogP contribution in [0.25, 0.3) is 0 Å². The molecule has 0 aromatic carbocycles. The van der Waals surface area contributed by atoms with Gasteiger partial charge in [-0.2, -0.15) is 0 Å². The number of rotatable bonds is 5. The number of amides is 1. The number of pyridine rings is 1. The third-order valence-corrected chi connectivity index (χ3v) is 2.14. The lowest BCUT2D eigenvalue weighted by atomic mass is 10.2. The van der Waals surface area contributed by atoms with Gasteiger partial charge in [0.2, 0.25) is 0 Å². The number of ether oxygens (including phenoxy) is 2. The molecular weight excluding hydrogens is 260 g/mol. The first-order valence-corrected chi connectivity index (χ1v) is 6.38. The first-order valence-electron chi connectivity index (χ1n) is 6.38. The van der Waals surface area contributed by atoms with Gasteiger partial charge in [0, 0.05) is 18.4 Å². The molecule has 110 valence electrons. The topological polar surface area (TPSA) is 77.5 Å². The van der Waals surface area contributed by atoms with Crippen LogP contribution in [0.3, 0.4) is 0 Å². The van der Waals surface area contributed by atoms with Crippen LogP contribution in [0.4, 0.5) is 10.5 Å². The largest absolute Gasteiger partial charge is 0.444 e. The van der Waals surface area contributed by atoms with Gasteiger partial charge in [-0.05, 0) is 33.8 Å². The molecule has 0 atom stereocenters. The summed E-state index contributed by atoms with van der Waals surface area (Å²) < 4.78 is 10.2. The number of nitrogens with zero attached hydrogens (tertiary/aromatic N) is 1. The fraction of sp³-hybridized carbons (Fsp3) is 0.500. The van der Waals surface area contributed by atoms with Crippen molar-refractivity contribution in [2.45, 2.75) is 33.3 Å². The number of anilines is 1. The summed E-state index contributed by atoms with van der Waals surface area (Å²) >= 11 is 0. The van der Waals surface area contributed by atoms with Gasteiger partial charge in [-0.15, -0.1) is 0 Å². The Hall–Kier alpha value is -1.95. The highest BCUT2D eigenvalue weighted by molar-refractivity contribution is 5.98. The van der Waals surface area contributed by atoms with E-state index in [-0.39, 0.29) is 12.4 Å². The summed E-state index contributed by atoms with van der Waals surface area (Å²) in [5, 5.41) is 2.53. The SMILES string of the molecule is CCOCC(=O)c1cncc(NC(=O)OC(C)(C)C)c1. The minimum absolute atomic E-state index is 0.00588. The summed E-state index contributed by atoms with van der Waals surface area (Å²) in [7, 11) is 0. The first kappa shape index (κ1) is 16.1. The molecule has 1 heterocycles. The number of carbonyl (C=O) groups excluding carboxylic acids is 2. The maximum absolute atomic E-state index is 11.8. The van der Waals surface area contributed by atoms with Crippen molar-refractivity contribution in [1.82, 2.24) is 4.98 Å². The van der Waals surface area contributed by atoms with Gasteiger partial charge in [0.15, 0.2) is 5.78 Å². The molecule has 0 aliphatic carbocycles. The van der Waals surface area contributed by atoms with Crippen LogP contribution in [0.15, 0.2) is 18.5 Å². The molecule has 0 radical (unpaired) electrons. The molecule has 0 aliphatic heterocycles. The van der Waals surface area contributed by atoms with E-state index in [1.807, 2.05) is 6.92 Å². The summed E-state index contributed by atoms with van der Waals surface area (Å²) in [6.45, 7) is 7.59. The Bertz CT molecular complexity index is 480. The van der Waals surface area contributed by atoms with Crippen molar-refractivity contribution >= 4 is 17.6 Å². The molecule has 6 heteroatoms. The highest BCUT2D eigenvalue weighted by atomic mass is 16.6. The van der Waals surface area contributed by atoms with Crippen molar-refractivity contribution in [2.75, 3.05) is 18.5 Å². The van der Waals surface area contributed by atoms with E-state index in [1.54, 1.807) is 20.8 Å². The smallest absolute Gasteiger partial charge is 0.412 e. The zero-order chi connectivity index (χ0) is 15.2. The van der Waals surface area contributed by atoms with Gasteiger partial charge >= 0.3 is 6.09 Å². The van der Waals surface area contributed by atoms with Gasteiger partial charge in [0.25, 0.3) is 0 Å².